The number of aliphatic imine (C=N–C) groups is 1. The number of nitrogens with zero attached hydrogens (tertiary/aromatic N) is 4. The van der Waals surface area contributed by atoms with Gasteiger partial charge in [0.1, 0.15) is 5.69 Å². The molecule has 0 amide bonds. The molecule has 5 nitrogen and oxygen atoms in total. The van der Waals surface area contributed by atoms with Gasteiger partial charge in [0.05, 0.1) is 23.6 Å². The lowest BCUT2D eigenvalue weighted by atomic mass is 9.72. The van der Waals surface area contributed by atoms with E-state index in [2.05, 4.69) is 54.0 Å². The zero-order valence-corrected chi connectivity index (χ0v) is 18.4. The fraction of sp³-hybridized carbons (Fsp3) is 0.179. The Bertz CT molecular complexity index is 1420. The Morgan fingerprint density at radius 3 is 2.42 bits per heavy atom. The molecule has 5 heteroatoms. The van der Waals surface area contributed by atoms with Crippen molar-refractivity contribution in [2.24, 2.45) is 10.7 Å². The molecule has 1 saturated carbocycles. The molecule has 0 spiro atoms. The topological polar surface area (TPSA) is 68.6 Å². The Balaban J connectivity index is 1.60. The molecule has 3 heterocycles. The van der Waals surface area contributed by atoms with Gasteiger partial charge >= 0.3 is 0 Å². The van der Waals surface area contributed by atoms with Gasteiger partial charge in [0.2, 0.25) is 0 Å². The first-order chi connectivity index (χ1) is 16.2. The molecule has 6 rings (SSSR count). The van der Waals surface area contributed by atoms with Crippen LogP contribution in [0.5, 0.6) is 0 Å². The van der Waals surface area contributed by atoms with E-state index in [-0.39, 0.29) is 5.54 Å². The molecule has 2 aliphatic rings. The van der Waals surface area contributed by atoms with Gasteiger partial charge in [-0.2, -0.15) is 5.10 Å². The molecular formula is C28H25N5. The number of rotatable bonds is 5. The quantitative estimate of drug-likeness (QED) is 0.460. The van der Waals surface area contributed by atoms with E-state index in [1.54, 1.807) is 6.08 Å². The molecule has 0 bridgehead atoms. The van der Waals surface area contributed by atoms with Gasteiger partial charge in [0.25, 0.3) is 0 Å². The van der Waals surface area contributed by atoms with Crippen LogP contribution in [0.25, 0.3) is 34.2 Å². The summed E-state index contributed by atoms with van der Waals surface area (Å²) in [4.78, 5) is 9.77. The van der Waals surface area contributed by atoms with E-state index in [4.69, 9.17) is 15.8 Å². The molecule has 0 radical (unpaired) electrons. The van der Waals surface area contributed by atoms with E-state index in [1.165, 1.54) is 12.0 Å². The van der Waals surface area contributed by atoms with Gasteiger partial charge in [-0.05, 0) is 43.0 Å². The summed E-state index contributed by atoms with van der Waals surface area (Å²) >= 11 is 0. The van der Waals surface area contributed by atoms with Crippen molar-refractivity contribution in [3.05, 3.63) is 96.2 Å². The fourth-order valence-corrected chi connectivity index (χ4v) is 4.73. The predicted octanol–water partition coefficient (Wildman–Crippen LogP) is 5.40. The maximum absolute atomic E-state index is 6.56. The number of fused-ring (bicyclic) bond motifs is 1. The van der Waals surface area contributed by atoms with Crippen LogP contribution in [0.4, 0.5) is 0 Å². The minimum Gasteiger partial charge on any atom is -0.321 e. The number of hydrogen-bond donors (Lipinski definition) is 1. The lowest BCUT2D eigenvalue weighted by Crippen LogP contribution is -2.43. The van der Waals surface area contributed by atoms with Gasteiger partial charge < -0.3 is 5.73 Å². The van der Waals surface area contributed by atoms with Crippen LogP contribution in [0.2, 0.25) is 0 Å². The molecule has 0 unspecified atom stereocenters. The minimum atomic E-state index is -0.180. The summed E-state index contributed by atoms with van der Waals surface area (Å²) in [5.41, 5.74) is 15.0. The second-order valence-electron chi connectivity index (χ2n) is 8.81. The molecule has 4 aromatic rings. The van der Waals surface area contributed by atoms with E-state index < -0.39 is 0 Å². The van der Waals surface area contributed by atoms with Crippen molar-refractivity contribution >= 4 is 17.4 Å². The van der Waals surface area contributed by atoms with Gasteiger partial charge in [-0.1, -0.05) is 67.3 Å². The lowest BCUT2D eigenvalue weighted by molar-refractivity contribution is 0.253. The highest BCUT2D eigenvalue weighted by Gasteiger charge is 2.34. The summed E-state index contributed by atoms with van der Waals surface area (Å²) in [6.07, 6.45) is 9.16. The Hall–Kier alpha value is -3.83. The normalized spacial score (nSPS) is 16.6. The van der Waals surface area contributed by atoms with E-state index >= 15 is 0 Å². The Morgan fingerprint density at radius 1 is 1.00 bits per heavy atom. The molecular weight excluding hydrogens is 406 g/mol. The van der Waals surface area contributed by atoms with Crippen molar-refractivity contribution < 1.29 is 0 Å². The third kappa shape index (κ3) is 3.24. The highest BCUT2D eigenvalue weighted by molar-refractivity contribution is 6.14. The van der Waals surface area contributed by atoms with Crippen LogP contribution in [0.15, 0.2) is 84.4 Å². The zero-order valence-electron chi connectivity index (χ0n) is 18.4. The van der Waals surface area contributed by atoms with Crippen LogP contribution in [0.1, 0.15) is 36.1 Å². The number of hydrogen-bond acceptors (Lipinski definition) is 4. The third-order valence-electron chi connectivity index (χ3n) is 6.76. The third-order valence-corrected chi connectivity index (χ3v) is 6.76. The summed E-state index contributed by atoms with van der Waals surface area (Å²) in [7, 11) is 0. The Kier molecular flexibility index (Phi) is 4.59. The second-order valence-corrected chi connectivity index (χ2v) is 8.81. The minimum absolute atomic E-state index is 0.180. The van der Waals surface area contributed by atoms with Crippen LogP contribution in [0, 0.1) is 0 Å². The molecule has 162 valence electrons. The first kappa shape index (κ1) is 19.8. The van der Waals surface area contributed by atoms with Crippen LogP contribution < -0.4 is 5.73 Å². The molecule has 1 aliphatic carbocycles. The molecule has 0 saturated heterocycles. The standard InChI is InChI=1S/C28H25N5/c1-2-22-18-23(24-10-6-17-30-24)27-31-25(26(33(27)32-22)20-8-4-3-5-9-20)19-11-13-21(14-12-19)28(29)15-7-16-28/h2-6,8-14,18H,1,7,15-17,29H2. The van der Waals surface area contributed by atoms with Crippen molar-refractivity contribution in [2.45, 2.75) is 24.8 Å². The van der Waals surface area contributed by atoms with E-state index in [0.29, 0.717) is 6.54 Å². The first-order valence-corrected chi connectivity index (χ1v) is 11.4. The van der Waals surface area contributed by atoms with Crippen LogP contribution in [-0.4, -0.2) is 26.9 Å². The van der Waals surface area contributed by atoms with E-state index in [9.17, 15) is 0 Å². The second kappa shape index (κ2) is 7.64. The molecule has 1 fully saturated rings. The Labute approximate surface area is 193 Å². The maximum atomic E-state index is 6.56. The van der Waals surface area contributed by atoms with Crippen LogP contribution in [-0.2, 0) is 5.54 Å². The summed E-state index contributed by atoms with van der Waals surface area (Å²) in [6.45, 7) is 4.64. The summed E-state index contributed by atoms with van der Waals surface area (Å²) in [5.74, 6) is 0. The SMILES string of the molecule is C=Cc1cc(C2=NCC=C2)c2nc(-c3ccc(C4(N)CCC4)cc3)c(-c3ccccc3)n2n1. The molecule has 33 heavy (non-hydrogen) atoms. The van der Waals surface area contributed by atoms with Crippen molar-refractivity contribution in [2.75, 3.05) is 6.54 Å². The molecule has 2 N–H and O–H groups in total. The average Bonchev–Trinajstić information content (AvgIpc) is 3.51. The Morgan fingerprint density at radius 2 is 1.79 bits per heavy atom. The first-order valence-electron chi connectivity index (χ1n) is 11.4. The monoisotopic (exact) mass is 431 g/mol. The summed E-state index contributed by atoms with van der Waals surface area (Å²) in [6, 6.07) is 20.9. The molecule has 0 atom stereocenters. The number of aromatic nitrogens is 3. The smallest absolute Gasteiger partial charge is 0.164 e. The zero-order chi connectivity index (χ0) is 22.4. The van der Waals surface area contributed by atoms with Crippen molar-refractivity contribution in [1.82, 2.24) is 14.6 Å². The number of nitrogens with two attached hydrogens (primary N) is 1. The largest absolute Gasteiger partial charge is 0.321 e. The van der Waals surface area contributed by atoms with Crippen molar-refractivity contribution in [3.8, 4) is 22.5 Å². The summed E-state index contributed by atoms with van der Waals surface area (Å²) in [5, 5.41) is 4.86. The fourth-order valence-electron chi connectivity index (χ4n) is 4.73. The van der Waals surface area contributed by atoms with Gasteiger partial charge in [-0.15, -0.1) is 0 Å². The van der Waals surface area contributed by atoms with Gasteiger partial charge in [0, 0.05) is 22.2 Å². The number of benzene rings is 2. The van der Waals surface area contributed by atoms with Crippen LogP contribution in [0.3, 0.4) is 0 Å². The maximum Gasteiger partial charge on any atom is 0.164 e. The van der Waals surface area contributed by atoms with Crippen LogP contribution >= 0.6 is 0 Å². The van der Waals surface area contributed by atoms with Crippen molar-refractivity contribution in [1.29, 1.82) is 0 Å². The van der Waals surface area contributed by atoms with Gasteiger partial charge in [0.15, 0.2) is 5.65 Å². The molecule has 2 aromatic carbocycles. The summed E-state index contributed by atoms with van der Waals surface area (Å²) < 4.78 is 1.94. The highest BCUT2D eigenvalue weighted by atomic mass is 15.3. The van der Waals surface area contributed by atoms with Crippen molar-refractivity contribution in [3.63, 3.8) is 0 Å². The predicted molar refractivity (Wildman–Crippen MR) is 134 cm³/mol. The highest BCUT2D eigenvalue weighted by Crippen LogP contribution is 2.40. The number of allylic oxidation sites excluding steroid dienone is 1. The number of imidazole rings is 1. The average molecular weight is 432 g/mol. The molecule has 2 aromatic heterocycles. The van der Waals surface area contributed by atoms with Gasteiger partial charge in [-0.25, -0.2) is 9.50 Å². The van der Waals surface area contributed by atoms with E-state index in [0.717, 1.165) is 58.0 Å². The van der Waals surface area contributed by atoms with Gasteiger partial charge in [-0.3, -0.25) is 4.99 Å². The lowest BCUT2D eigenvalue weighted by Gasteiger charge is -2.38. The molecule has 1 aliphatic heterocycles. The van der Waals surface area contributed by atoms with E-state index in [1.807, 2.05) is 34.9 Å².